The Balaban J connectivity index is 1.47. The van der Waals surface area contributed by atoms with Crippen LogP contribution in [0.15, 0.2) is 29.6 Å². The van der Waals surface area contributed by atoms with Crippen LogP contribution in [0, 0.1) is 0 Å². The summed E-state index contributed by atoms with van der Waals surface area (Å²) in [6, 6.07) is 5.67. The van der Waals surface area contributed by atoms with Crippen LogP contribution in [0.25, 0.3) is 0 Å². The number of piperidine rings is 1. The molecule has 2 N–H and O–H groups in total. The highest BCUT2D eigenvalue weighted by molar-refractivity contribution is 7.10. The lowest BCUT2D eigenvalue weighted by molar-refractivity contribution is -0.137. The van der Waals surface area contributed by atoms with E-state index in [4.69, 9.17) is 0 Å². The fraction of sp³-hybridized carbons (Fsp3) is 0.316. The number of fused-ring (bicyclic) bond motifs is 1. The minimum atomic E-state index is -4.39. The highest BCUT2D eigenvalue weighted by Gasteiger charge is 2.39. The molecule has 0 saturated carbocycles. The number of imide groups is 1. The molecule has 1 aromatic heterocycles. The highest BCUT2D eigenvalue weighted by atomic mass is 32.1. The fourth-order valence-electron chi connectivity index (χ4n) is 3.61. The normalized spacial score (nSPS) is 19.3. The van der Waals surface area contributed by atoms with Gasteiger partial charge in [0.2, 0.25) is 11.8 Å². The molecule has 152 valence electrons. The molecule has 1 unspecified atom stereocenters. The molecule has 29 heavy (non-hydrogen) atoms. The van der Waals surface area contributed by atoms with Crippen LogP contribution in [0.5, 0.6) is 0 Å². The Morgan fingerprint density at radius 2 is 2.00 bits per heavy atom. The van der Waals surface area contributed by atoms with E-state index >= 15 is 0 Å². The smallest absolute Gasteiger partial charge is 0.381 e. The zero-order valence-corrected chi connectivity index (χ0v) is 15.8. The first-order valence-corrected chi connectivity index (χ1v) is 9.77. The number of nitrogens with zero attached hydrogens (tertiary/aromatic N) is 1. The third kappa shape index (κ3) is 3.71. The lowest BCUT2D eigenvalue weighted by Gasteiger charge is -2.29. The topological polar surface area (TPSA) is 78.5 Å². The SMILES string of the molecule is O=C1CCC(N2Cc3cc(NCc4ccsc4C(F)(F)F)ccc3C2=O)C(=O)N1. The highest BCUT2D eigenvalue weighted by Crippen LogP contribution is 2.36. The van der Waals surface area contributed by atoms with Crippen molar-refractivity contribution in [1.82, 2.24) is 10.2 Å². The van der Waals surface area contributed by atoms with Crippen LogP contribution in [0.1, 0.15) is 39.2 Å². The standard InChI is InChI=1S/C19H16F3N3O3S/c20-19(21,22)16-10(5-6-29-16)8-23-12-1-2-13-11(7-12)9-25(18(13)28)14-3-4-15(26)24-17(14)27/h1-2,5-7,14,23H,3-4,8-9H2,(H,24,26,27). The predicted molar refractivity (Wildman–Crippen MR) is 99.1 cm³/mol. The number of halogens is 3. The summed E-state index contributed by atoms with van der Waals surface area (Å²) in [6.45, 7) is 0.212. The molecule has 6 nitrogen and oxygen atoms in total. The van der Waals surface area contributed by atoms with Gasteiger partial charge < -0.3 is 10.2 Å². The van der Waals surface area contributed by atoms with Crippen LogP contribution in [0.2, 0.25) is 0 Å². The first-order chi connectivity index (χ1) is 13.7. The molecule has 0 aliphatic carbocycles. The minimum Gasteiger partial charge on any atom is -0.381 e. The van der Waals surface area contributed by atoms with Crippen molar-refractivity contribution in [2.75, 3.05) is 5.32 Å². The summed E-state index contributed by atoms with van der Waals surface area (Å²) in [5, 5.41) is 6.61. The second kappa shape index (κ2) is 7.18. The van der Waals surface area contributed by atoms with Crippen LogP contribution < -0.4 is 10.6 Å². The Labute approximate surface area is 167 Å². The third-order valence-electron chi connectivity index (χ3n) is 5.01. The lowest BCUT2D eigenvalue weighted by atomic mass is 10.0. The first-order valence-electron chi connectivity index (χ1n) is 8.89. The number of nitrogens with one attached hydrogen (secondary N) is 2. The Bertz CT molecular complexity index is 1000. The molecular formula is C19H16F3N3O3S. The van der Waals surface area contributed by atoms with Gasteiger partial charge in [0, 0.05) is 30.8 Å². The maximum absolute atomic E-state index is 13.0. The molecule has 1 saturated heterocycles. The zero-order chi connectivity index (χ0) is 20.8. The number of thiophene rings is 1. The molecular weight excluding hydrogens is 407 g/mol. The van der Waals surface area contributed by atoms with E-state index in [1.165, 1.54) is 16.3 Å². The molecule has 2 aliphatic heterocycles. The summed E-state index contributed by atoms with van der Waals surface area (Å²) in [7, 11) is 0. The van der Waals surface area contributed by atoms with Crippen LogP contribution in [0.3, 0.4) is 0 Å². The van der Waals surface area contributed by atoms with Gasteiger partial charge in [0.25, 0.3) is 5.91 Å². The van der Waals surface area contributed by atoms with E-state index in [9.17, 15) is 27.6 Å². The molecule has 2 aliphatic rings. The van der Waals surface area contributed by atoms with E-state index in [0.29, 0.717) is 28.2 Å². The molecule has 1 atom stereocenters. The summed E-state index contributed by atoms with van der Waals surface area (Å²) in [6.07, 6.45) is -3.95. The van der Waals surface area contributed by atoms with Gasteiger partial charge in [-0.05, 0) is 47.2 Å². The summed E-state index contributed by atoms with van der Waals surface area (Å²) in [5.74, 6) is -1.13. The number of benzene rings is 1. The van der Waals surface area contributed by atoms with Gasteiger partial charge in [-0.15, -0.1) is 11.3 Å². The summed E-state index contributed by atoms with van der Waals surface area (Å²) in [4.78, 5) is 36.8. The molecule has 4 rings (SSSR count). The van der Waals surface area contributed by atoms with Gasteiger partial charge in [0.1, 0.15) is 10.9 Å². The average Bonchev–Trinajstić information content (AvgIpc) is 3.25. The second-order valence-corrected chi connectivity index (χ2v) is 7.81. The van der Waals surface area contributed by atoms with E-state index in [1.54, 1.807) is 18.2 Å². The van der Waals surface area contributed by atoms with Crippen LogP contribution >= 0.6 is 11.3 Å². The van der Waals surface area contributed by atoms with Gasteiger partial charge in [0.15, 0.2) is 0 Å². The maximum atomic E-state index is 13.0. The zero-order valence-electron chi connectivity index (χ0n) is 15.0. The third-order valence-corrected chi connectivity index (χ3v) is 6.01. The van der Waals surface area contributed by atoms with Gasteiger partial charge in [-0.1, -0.05) is 0 Å². The molecule has 3 heterocycles. The van der Waals surface area contributed by atoms with Crippen LogP contribution in [0.4, 0.5) is 18.9 Å². The predicted octanol–water partition coefficient (Wildman–Crippen LogP) is 3.14. The van der Waals surface area contributed by atoms with Crippen molar-refractivity contribution in [3.63, 3.8) is 0 Å². The van der Waals surface area contributed by atoms with Crippen molar-refractivity contribution >= 4 is 34.7 Å². The van der Waals surface area contributed by atoms with Crippen LogP contribution in [-0.2, 0) is 28.9 Å². The van der Waals surface area contributed by atoms with Gasteiger partial charge in [-0.25, -0.2) is 0 Å². The molecule has 10 heteroatoms. The number of anilines is 1. The molecule has 3 amide bonds. The monoisotopic (exact) mass is 423 g/mol. The number of amides is 3. The molecule has 1 fully saturated rings. The van der Waals surface area contributed by atoms with E-state index in [1.807, 2.05) is 0 Å². The molecule has 0 spiro atoms. The summed E-state index contributed by atoms with van der Waals surface area (Å²) >= 11 is 0.650. The Kier molecular flexibility index (Phi) is 4.81. The minimum absolute atomic E-state index is 0.00192. The largest absolute Gasteiger partial charge is 0.425 e. The van der Waals surface area contributed by atoms with Gasteiger partial charge in [-0.3, -0.25) is 19.7 Å². The lowest BCUT2D eigenvalue weighted by Crippen LogP contribution is -2.52. The summed E-state index contributed by atoms with van der Waals surface area (Å²) in [5.41, 5.74) is 1.88. The number of rotatable bonds is 4. The molecule has 0 radical (unpaired) electrons. The first kappa shape index (κ1) is 19.4. The average molecular weight is 423 g/mol. The van der Waals surface area contributed by atoms with Crippen LogP contribution in [-0.4, -0.2) is 28.7 Å². The Morgan fingerprint density at radius 3 is 2.72 bits per heavy atom. The van der Waals surface area contributed by atoms with E-state index in [2.05, 4.69) is 10.6 Å². The maximum Gasteiger partial charge on any atom is 0.425 e. The fourth-order valence-corrected chi connectivity index (χ4v) is 4.40. The second-order valence-electron chi connectivity index (χ2n) is 6.90. The Hall–Kier alpha value is -2.88. The van der Waals surface area contributed by atoms with Crippen molar-refractivity contribution in [2.24, 2.45) is 0 Å². The van der Waals surface area contributed by atoms with E-state index in [0.717, 1.165) is 0 Å². The quantitative estimate of drug-likeness (QED) is 0.741. The van der Waals surface area contributed by atoms with E-state index < -0.39 is 23.0 Å². The number of alkyl halides is 3. The Morgan fingerprint density at radius 1 is 1.21 bits per heavy atom. The van der Waals surface area contributed by atoms with Crippen molar-refractivity contribution < 1.29 is 27.6 Å². The summed E-state index contributed by atoms with van der Waals surface area (Å²) < 4.78 is 39.0. The van der Waals surface area contributed by atoms with Crippen molar-refractivity contribution in [1.29, 1.82) is 0 Å². The van der Waals surface area contributed by atoms with Crippen molar-refractivity contribution in [3.05, 3.63) is 51.2 Å². The number of hydrogen-bond acceptors (Lipinski definition) is 5. The van der Waals surface area contributed by atoms with Gasteiger partial charge >= 0.3 is 6.18 Å². The van der Waals surface area contributed by atoms with E-state index in [-0.39, 0.29) is 43.3 Å². The number of carbonyl (C=O) groups excluding carboxylic acids is 3. The molecule has 0 bridgehead atoms. The molecule has 1 aromatic carbocycles. The van der Waals surface area contributed by atoms with Crippen molar-refractivity contribution in [2.45, 2.75) is 38.1 Å². The molecule has 2 aromatic rings. The van der Waals surface area contributed by atoms with Gasteiger partial charge in [0.05, 0.1) is 0 Å². The number of hydrogen-bond donors (Lipinski definition) is 2. The van der Waals surface area contributed by atoms with Crippen molar-refractivity contribution in [3.8, 4) is 0 Å². The number of carbonyl (C=O) groups is 3. The van der Waals surface area contributed by atoms with Gasteiger partial charge in [-0.2, -0.15) is 13.2 Å².